The van der Waals surface area contributed by atoms with Crippen molar-refractivity contribution in [2.75, 3.05) is 25.2 Å². The zero-order valence-electron chi connectivity index (χ0n) is 9.18. The first-order valence-electron chi connectivity index (χ1n) is 4.77. The summed E-state index contributed by atoms with van der Waals surface area (Å²) in [5.41, 5.74) is 0. The summed E-state index contributed by atoms with van der Waals surface area (Å²) in [6, 6.07) is 0. The van der Waals surface area contributed by atoms with Gasteiger partial charge in [-0.1, -0.05) is 12.8 Å². The molecule has 74 valence electrons. The van der Waals surface area contributed by atoms with Crippen molar-refractivity contribution in [2.45, 2.75) is 32.1 Å². The molecule has 0 aromatic carbocycles. The Morgan fingerprint density at radius 3 is 2.38 bits per heavy atom. The minimum Gasteiger partial charge on any atom is -0.381 e. The van der Waals surface area contributed by atoms with Crippen LogP contribution in [0.15, 0.2) is 0 Å². The van der Waals surface area contributed by atoms with Crippen molar-refractivity contribution >= 4 is 11.8 Å². The van der Waals surface area contributed by atoms with Crippen LogP contribution in [0.3, 0.4) is 0 Å². The van der Waals surface area contributed by atoms with Gasteiger partial charge in [-0.15, -0.1) is 0 Å². The van der Waals surface area contributed by atoms with E-state index >= 15 is 0 Å². The number of thioether (sulfide) groups is 1. The molecule has 0 amide bonds. The maximum atomic E-state index is 5.45. The van der Waals surface area contributed by atoms with Gasteiger partial charge in [-0.3, -0.25) is 0 Å². The quantitative estimate of drug-likeness (QED) is 0.295. The van der Waals surface area contributed by atoms with E-state index < -0.39 is 0 Å². The van der Waals surface area contributed by atoms with E-state index in [1.807, 2.05) is 11.8 Å². The minimum atomic E-state index is 0. The number of rotatable bonds is 9. The summed E-state index contributed by atoms with van der Waals surface area (Å²) in [6.07, 6.45) is 8.10. The minimum absolute atomic E-state index is 0. The summed E-state index contributed by atoms with van der Waals surface area (Å²) in [6.45, 7) is 5.68. The molecular formula is C10H21LiOS. The molecule has 0 saturated carbocycles. The number of unbranched alkanes of at least 4 members (excludes halogenated alkanes) is 3. The molecule has 0 aliphatic carbocycles. The SMILES string of the molecule is [CH2-]CCCCCOCCCSC.[Li+]. The van der Waals surface area contributed by atoms with Gasteiger partial charge in [0.05, 0.1) is 0 Å². The molecule has 0 aromatic heterocycles. The van der Waals surface area contributed by atoms with Crippen LogP contribution in [0.2, 0.25) is 0 Å². The van der Waals surface area contributed by atoms with Crippen molar-refractivity contribution in [3.05, 3.63) is 6.92 Å². The Morgan fingerprint density at radius 1 is 1.08 bits per heavy atom. The molecule has 0 spiro atoms. The summed E-state index contributed by atoms with van der Waals surface area (Å²) < 4.78 is 5.45. The topological polar surface area (TPSA) is 9.23 Å². The van der Waals surface area contributed by atoms with Crippen molar-refractivity contribution in [1.82, 2.24) is 0 Å². The van der Waals surface area contributed by atoms with Crippen LogP contribution in [0.1, 0.15) is 32.1 Å². The summed E-state index contributed by atoms with van der Waals surface area (Å²) >= 11 is 1.89. The monoisotopic (exact) mass is 196 g/mol. The fraction of sp³-hybridized carbons (Fsp3) is 0.900. The van der Waals surface area contributed by atoms with E-state index in [1.54, 1.807) is 0 Å². The molecule has 0 heterocycles. The molecule has 0 aromatic rings. The van der Waals surface area contributed by atoms with Crippen LogP contribution in [0, 0.1) is 6.92 Å². The van der Waals surface area contributed by atoms with Crippen molar-refractivity contribution < 1.29 is 23.6 Å². The molecule has 0 N–H and O–H groups in total. The van der Waals surface area contributed by atoms with Gasteiger partial charge in [0.25, 0.3) is 0 Å². The van der Waals surface area contributed by atoms with Gasteiger partial charge < -0.3 is 11.7 Å². The van der Waals surface area contributed by atoms with Gasteiger partial charge in [0.2, 0.25) is 0 Å². The van der Waals surface area contributed by atoms with Crippen molar-refractivity contribution in [1.29, 1.82) is 0 Å². The van der Waals surface area contributed by atoms with Gasteiger partial charge in [0.1, 0.15) is 0 Å². The molecule has 1 nitrogen and oxygen atoms in total. The molecule has 0 rings (SSSR count). The summed E-state index contributed by atoms with van der Waals surface area (Å²) in [4.78, 5) is 0. The Bertz CT molecular complexity index is 71.3. The Labute approximate surface area is 99.6 Å². The van der Waals surface area contributed by atoms with Gasteiger partial charge in [-0.2, -0.15) is 18.2 Å². The first-order chi connectivity index (χ1) is 5.91. The first kappa shape index (κ1) is 16.3. The van der Waals surface area contributed by atoms with E-state index in [1.165, 1.54) is 31.4 Å². The molecule has 0 atom stereocenters. The summed E-state index contributed by atoms with van der Waals surface area (Å²) in [7, 11) is 0. The fourth-order valence-corrected chi connectivity index (χ4v) is 1.37. The Balaban J connectivity index is 0. The van der Waals surface area contributed by atoms with Crippen LogP contribution in [0.25, 0.3) is 0 Å². The normalized spacial score (nSPS) is 9.69. The average molecular weight is 196 g/mol. The molecule has 0 bridgehead atoms. The zero-order chi connectivity index (χ0) is 9.07. The van der Waals surface area contributed by atoms with E-state index in [0.717, 1.165) is 19.6 Å². The van der Waals surface area contributed by atoms with E-state index in [4.69, 9.17) is 4.74 Å². The summed E-state index contributed by atoms with van der Waals surface area (Å²) in [5.74, 6) is 1.22. The first-order valence-corrected chi connectivity index (χ1v) is 6.17. The second-order valence-electron chi connectivity index (χ2n) is 2.87. The molecule has 0 aliphatic heterocycles. The maximum absolute atomic E-state index is 5.45. The predicted octanol–water partition coefficient (Wildman–Crippen LogP) is 0.155. The second-order valence-corrected chi connectivity index (χ2v) is 3.86. The van der Waals surface area contributed by atoms with Crippen LogP contribution in [-0.2, 0) is 4.74 Å². The molecule has 0 aliphatic rings. The second kappa shape index (κ2) is 15.4. The smallest absolute Gasteiger partial charge is 0.381 e. The van der Waals surface area contributed by atoms with Gasteiger partial charge in [0.15, 0.2) is 0 Å². The van der Waals surface area contributed by atoms with Crippen LogP contribution in [-0.4, -0.2) is 25.2 Å². The van der Waals surface area contributed by atoms with E-state index in [2.05, 4.69) is 13.2 Å². The largest absolute Gasteiger partial charge is 1.00 e. The zero-order valence-corrected chi connectivity index (χ0v) is 10.00. The van der Waals surface area contributed by atoms with Crippen molar-refractivity contribution in [3.63, 3.8) is 0 Å². The van der Waals surface area contributed by atoms with Gasteiger partial charge in [-0.05, 0) is 24.9 Å². The van der Waals surface area contributed by atoms with Gasteiger partial charge >= 0.3 is 18.9 Å². The molecule has 0 saturated heterocycles. The molecule has 0 fully saturated rings. The van der Waals surface area contributed by atoms with E-state index in [0.29, 0.717) is 0 Å². The standard InChI is InChI=1S/C10H21OS.Li/c1-3-4-5-6-8-11-9-7-10-12-2;/h1,3-10H2,2H3;/q-1;+1. The van der Waals surface area contributed by atoms with E-state index in [-0.39, 0.29) is 18.9 Å². The Kier molecular flexibility index (Phi) is 19.3. The molecule has 0 radical (unpaired) electrons. The van der Waals surface area contributed by atoms with Crippen LogP contribution in [0.4, 0.5) is 0 Å². The Morgan fingerprint density at radius 2 is 1.77 bits per heavy atom. The molecular weight excluding hydrogens is 175 g/mol. The van der Waals surface area contributed by atoms with E-state index in [9.17, 15) is 0 Å². The third kappa shape index (κ3) is 15.6. The maximum Gasteiger partial charge on any atom is 1.00 e. The number of hydrogen-bond acceptors (Lipinski definition) is 2. The molecule has 3 heteroatoms. The van der Waals surface area contributed by atoms with Crippen molar-refractivity contribution in [3.8, 4) is 0 Å². The summed E-state index contributed by atoms with van der Waals surface area (Å²) in [5, 5.41) is 0. The average Bonchev–Trinajstić information content (AvgIpc) is 2.10. The van der Waals surface area contributed by atoms with Crippen LogP contribution in [0.5, 0.6) is 0 Å². The van der Waals surface area contributed by atoms with Gasteiger partial charge in [-0.25, -0.2) is 0 Å². The van der Waals surface area contributed by atoms with Crippen LogP contribution < -0.4 is 18.9 Å². The fourth-order valence-electron chi connectivity index (χ4n) is 0.965. The number of ether oxygens (including phenoxy) is 1. The molecule has 13 heavy (non-hydrogen) atoms. The predicted molar refractivity (Wildman–Crippen MR) is 57.6 cm³/mol. The third-order valence-corrected chi connectivity index (χ3v) is 2.37. The molecule has 0 unspecified atom stereocenters. The third-order valence-electron chi connectivity index (χ3n) is 1.68. The van der Waals surface area contributed by atoms with Crippen molar-refractivity contribution in [2.24, 2.45) is 0 Å². The van der Waals surface area contributed by atoms with Crippen LogP contribution >= 0.6 is 11.8 Å². The number of hydrogen-bond donors (Lipinski definition) is 0. The van der Waals surface area contributed by atoms with Gasteiger partial charge in [0, 0.05) is 13.2 Å². The Hall–Kier alpha value is 0.907.